The predicted octanol–water partition coefficient (Wildman–Crippen LogP) is 2.74. The van der Waals surface area contributed by atoms with Crippen molar-refractivity contribution in [3.05, 3.63) is 28.7 Å². The van der Waals surface area contributed by atoms with Gasteiger partial charge in [-0.2, -0.15) is 0 Å². The lowest BCUT2D eigenvalue weighted by Crippen LogP contribution is -2.35. The third-order valence-electron chi connectivity index (χ3n) is 2.77. The zero-order chi connectivity index (χ0) is 9.97. The molecule has 1 aliphatic carbocycles. The summed E-state index contributed by atoms with van der Waals surface area (Å²) < 4.78 is 1.11. The standard InChI is InChI=1S/C11H15BrN2/c12-8-4-6-9(7-5-8)14-11-3-1-2-10(11)13/h4-7,10-11,14H,1-3,13H2/t10-,11-/m0/s1. The van der Waals surface area contributed by atoms with Crippen LogP contribution in [0, 0.1) is 0 Å². The van der Waals surface area contributed by atoms with Crippen LogP contribution in [-0.2, 0) is 0 Å². The van der Waals surface area contributed by atoms with Gasteiger partial charge in [0.2, 0.25) is 0 Å². The maximum atomic E-state index is 5.98. The first-order valence-electron chi connectivity index (χ1n) is 5.03. The van der Waals surface area contributed by atoms with Crippen molar-refractivity contribution in [1.82, 2.24) is 0 Å². The zero-order valence-corrected chi connectivity index (χ0v) is 9.63. The molecular weight excluding hydrogens is 240 g/mol. The Hall–Kier alpha value is -0.540. The van der Waals surface area contributed by atoms with Crippen LogP contribution < -0.4 is 11.1 Å². The molecule has 0 spiro atoms. The maximum Gasteiger partial charge on any atom is 0.0412 e. The van der Waals surface area contributed by atoms with Crippen LogP contribution in [0.2, 0.25) is 0 Å². The molecule has 0 unspecified atom stereocenters. The maximum absolute atomic E-state index is 5.98. The molecular formula is C11H15BrN2. The van der Waals surface area contributed by atoms with E-state index in [9.17, 15) is 0 Å². The van der Waals surface area contributed by atoms with Gasteiger partial charge in [0.15, 0.2) is 0 Å². The summed E-state index contributed by atoms with van der Waals surface area (Å²) >= 11 is 3.42. The number of hydrogen-bond donors (Lipinski definition) is 2. The molecule has 0 amide bonds. The van der Waals surface area contributed by atoms with E-state index >= 15 is 0 Å². The van der Waals surface area contributed by atoms with Gasteiger partial charge in [0, 0.05) is 22.2 Å². The fourth-order valence-electron chi connectivity index (χ4n) is 1.93. The van der Waals surface area contributed by atoms with Gasteiger partial charge in [0.25, 0.3) is 0 Å². The summed E-state index contributed by atoms with van der Waals surface area (Å²) in [6.07, 6.45) is 3.58. The lowest BCUT2D eigenvalue weighted by molar-refractivity contribution is 0.638. The molecule has 3 N–H and O–H groups in total. The van der Waals surface area contributed by atoms with Gasteiger partial charge in [-0.1, -0.05) is 15.9 Å². The Morgan fingerprint density at radius 1 is 1.21 bits per heavy atom. The number of hydrogen-bond acceptors (Lipinski definition) is 2. The van der Waals surface area contributed by atoms with Gasteiger partial charge in [-0.25, -0.2) is 0 Å². The molecule has 0 bridgehead atoms. The van der Waals surface area contributed by atoms with E-state index in [0.29, 0.717) is 12.1 Å². The SMILES string of the molecule is N[C@H]1CCC[C@@H]1Nc1ccc(Br)cc1. The Morgan fingerprint density at radius 2 is 1.93 bits per heavy atom. The Labute approximate surface area is 93.0 Å². The van der Waals surface area contributed by atoms with E-state index < -0.39 is 0 Å². The molecule has 1 fully saturated rings. The second-order valence-electron chi connectivity index (χ2n) is 3.85. The van der Waals surface area contributed by atoms with Crippen molar-refractivity contribution in [3.8, 4) is 0 Å². The Kier molecular flexibility index (Phi) is 3.08. The number of nitrogens with one attached hydrogen (secondary N) is 1. The fraction of sp³-hybridized carbons (Fsp3) is 0.455. The molecule has 2 nitrogen and oxygen atoms in total. The highest BCUT2D eigenvalue weighted by Gasteiger charge is 2.23. The first-order chi connectivity index (χ1) is 6.75. The zero-order valence-electron chi connectivity index (χ0n) is 8.04. The van der Waals surface area contributed by atoms with Crippen LogP contribution in [0.15, 0.2) is 28.7 Å². The fourth-order valence-corrected chi connectivity index (χ4v) is 2.19. The van der Waals surface area contributed by atoms with Gasteiger partial charge in [0.05, 0.1) is 0 Å². The minimum atomic E-state index is 0.318. The summed E-state index contributed by atoms with van der Waals surface area (Å²) in [5.74, 6) is 0. The molecule has 0 aromatic heterocycles. The first kappa shape index (κ1) is 9.99. The summed E-state index contributed by atoms with van der Waals surface area (Å²) in [5.41, 5.74) is 7.15. The quantitative estimate of drug-likeness (QED) is 0.852. The van der Waals surface area contributed by atoms with E-state index in [4.69, 9.17) is 5.73 Å². The van der Waals surface area contributed by atoms with Gasteiger partial charge in [-0.3, -0.25) is 0 Å². The van der Waals surface area contributed by atoms with Gasteiger partial charge in [-0.05, 0) is 43.5 Å². The van der Waals surface area contributed by atoms with Crippen LogP contribution in [0.3, 0.4) is 0 Å². The van der Waals surface area contributed by atoms with Crippen LogP contribution in [-0.4, -0.2) is 12.1 Å². The summed E-state index contributed by atoms with van der Waals surface area (Å²) in [5, 5.41) is 3.47. The highest BCUT2D eigenvalue weighted by Crippen LogP contribution is 2.22. The Morgan fingerprint density at radius 3 is 2.50 bits per heavy atom. The van der Waals surface area contributed by atoms with Crippen molar-refractivity contribution in [1.29, 1.82) is 0 Å². The van der Waals surface area contributed by atoms with Crippen LogP contribution in [0.25, 0.3) is 0 Å². The molecule has 2 rings (SSSR count). The molecule has 76 valence electrons. The lowest BCUT2D eigenvalue weighted by Gasteiger charge is -2.18. The summed E-state index contributed by atoms with van der Waals surface area (Å²) in [7, 11) is 0. The Balaban J connectivity index is 2.00. The van der Waals surface area contributed by atoms with Gasteiger partial charge >= 0.3 is 0 Å². The molecule has 3 heteroatoms. The average molecular weight is 255 g/mol. The Bertz CT molecular complexity index is 297. The number of anilines is 1. The summed E-state index contributed by atoms with van der Waals surface area (Å²) in [6, 6.07) is 9.02. The largest absolute Gasteiger partial charge is 0.381 e. The molecule has 0 heterocycles. The molecule has 0 aliphatic heterocycles. The molecule has 1 aliphatic rings. The van der Waals surface area contributed by atoms with Gasteiger partial charge in [-0.15, -0.1) is 0 Å². The third-order valence-corrected chi connectivity index (χ3v) is 3.29. The second kappa shape index (κ2) is 4.32. The van der Waals surface area contributed by atoms with E-state index in [0.717, 1.165) is 16.6 Å². The normalized spacial score (nSPS) is 26.4. The van der Waals surface area contributed by atoms with E-state index in [1.165, 1.54) is 12.8 Å². The molecule has 1 saturated carbocycles. The van der Waals surface area contributed by atoms with E-state index in [1.54, 1.807) is 0 Å². The first-order valence-corrected chi connectivity index (χ1v) is 5.83. The minimum Gasteiger partial charge on any atom is -0.381 e. The highest BCUT2D eigenvalue weighted by atomic mass is 79.9. The van der Waals surface area contributed by atoms with E-state index in [2.05, 4.69) is 33.4 Å². The lowest BCUT2D eigenvalue weighted by atomic mass is 10.2. The third kappa shape index (κ3) is 2.28. The topological polar surface area (TPSA) is 38.0 Å². The van der Waals surface area contributed by atoms with E-state index in [1.807, 2.05) is 12.1 Å². The summed E-state index contributed by atoms with van der Waals surface area (Å²) in [6.45, 7) is 0. The van der Waals surface area contributed by atoms with Crippen molar-refractivity contribution in [2.24, 2.45) is 5.73 Å². The minimum absolute atomic E-state index is 0.318. The number of nitrogens with two attached hydrogens (primary N) is 1. The predicted molar refractivity (Wildman–Crippen MR) is 63.4 cm³/mol. The second-order valence-corrected chi connectivity index (χ2v) is 4.77. The molecule has 1 aromatic rings. The van der Waals surface area contributed by atoms with Crippen LogP contribution in [0.5, 0.6) is 0 Å². The van der Waals surface area contributed by atoms with Gasteiger partial charge in [0.1, 0.15) is 0 Å². The van der Waals surface area contributed by atoms with E-state index in [-0.39, 0.29) is 0 Å². The molecule has 2 atom stereocenters. The van der Waals surface area contributed by atoms with Crippen LogP contribution >= 0.6 is 15.9 Å². The molecule has 0 saturated heterocycles. The molecule has 0 radical (unpaired) electrons. The average Bonchev–Trinajstić information content (AvgIpc) is 2.56. The number of halogens is 1. The van der Waals surface area contributed by atoms with Gasteiger partial charge < -0.3 is 11.1 Å². The monoisotopic (exact) mass is 254 g/mol. The van der Waals surface area contributed by atoms with Crippen molar-refractivity contribution >= 4 is 21.6 Å². The highest BCUT2D eigenvalue weighted by molar-refractivity contribution is 9.10. The van der Waals surface area contributed by atoms with Crippen molar-refractivity contribution in [3.63, 3.8) is 0 Å². The number of benzene rings is 1. The molecule has 14 heavy (non-hydrogen) atoms. The van der Waals surface area contributed by atoms with Crippen molar-refractivity contribution in [2.45, 2.75) is 31.3 Å². The van der Waals surface area contributed by atoms with Crippen LogP contribution in [0.1, 0.15) is 19.3 Å². The number of rotatable bonds is 2. The van der Waals surface area contributed by atoms with Crippen LogP contribution in [0.4, 0.5) is 5.69 Å². The summed E-state index contributed by atoms with van der Waals surface area (Å²) in [4.78, 5) is 0. The smallest absolute Gasteiger partial charge is 0.0412 e. The molecule has 1 aromatic carbocycles. The van der Waals surface area contributed by atoms with Crippen molar-refractivity contribution < 1.29 is 0 Å². The van der Waals surface area contributed by atoms with Crippen molar-refractivity contribution in [2.75, 3.05) is 5.32 Å².